The number of aliphatic hydroxyl groups excluding tert-OH is 1. The maximum absolute atomic E-state index is 11.4. The molecule has 0 aromatic heterocycles. The van der Waals surface area contributed by atoms with Crippen molar-refractivity contribution in [2.75, 3.05) is 13.2 Å². The van der Waals surface area contributed by atoms with Gasteiger partial charge in [-0.25, -0.2) is 0 Å². The van der Waals surface area contributed by atoms with E-state index in [4.69, 9.17) is 15.6 Å². The standard InChI is InChI=1S/C19H39NO3/c1-2-3-4-5-6-7-8-9-10-11-12-13-14-15-19(22)23-17-18(20)16-21/h18,21H,2-17,20H2,1H3. The molecule has 0 fully saturated rings. The van der Waals surface area contributed by atoms with Crippen molar-refractivity contribution in [3.8, 4) is 0 Å². The number of ether oxygens (including phenoxy) is 1. The van der Waals surface area contributed by atoms with E-state index in [1.54, 1.807) is 0 Å². The van der Waals surface area contributed by atoms with Crippen LogP contribution in [0.15, 0.2) is 0 Å². The molecular weight excluding hydrogens is 290 g/mol. The highest BCUT2D eigenvalue weighted by Crippen LogP contribution is 2.13. The molecule has 0 bridgehead atoms. The van der Waals surface area contributed by atoms with Crippen LogP contribution in [0.1, 0.15) is 96.8 Å². The number of unbranched alkanes of at least 4 members (excludes halogenated alkanes) is 12. The Hall–Kier alpha value is -0.610. The molecule has 0 saturated heterocycles. The Morgan fingerprint density at radius 3 is 1.74 bits per heavy atom. The summed E-state index contributed by atoms with van der Waals surface area (Å²) in [4.78, 5) is 11.4. The first-order valence-electron chi connectivity index (χ1n) is 9.72. The minimum atomic E-state index is -0.453. The summed E-state index contributed by atoms with van der Waals surface area (Å²) in [6, 6.07) is -0.453. The van der Waals surface area contributed by atoms with Crippen LogP contribution in [0.2, 0.25) is 0 Å². The molecule has 0 heterocycles. The highest BCUT2D eigenvalue weighted by Gasteiger charge is 2.06. The fraction of sp³-hybridized carbons (Fsp3) is 0.947. The van der Waals surface area contributed by atoms with Crippen molar-refractivity contribution in [1.29, 1.82) is 0 Å². The largest absolute Gasteiger partial charge is 0.464 e. The molecule has 1 unspecified atom stereocenters. The van der Waals surface area contributed by atoms with Crippen molar-refractivity contribution in [3.63, 3.8) is 0 Å². The monoisotopic (exact) mass is 329 g/mol. The molecule has 1 atom stereocenters. The van der Waals surface area contributed by atoms with Crippen molar-refractivity contribution in [2.45, 2.75) is 103 Å². The molecule has 3 N–H and O–H groups in total. The Labute approximate surface area is 143 Å². The zero-order chi connectivity index (χ0) is 17.2. The van der Waals surface area contributed by atoms with Gasteiger partial charge in [-0.15, -0.1) is 0 Å². The third kappa shape index (κ3) is 17.6. The number of nitrogens with two attached hydrogens (primary N) is 1. The minimum absolute atomic E-state index is 0.119. The minimum Gasteiger partial charge on any atom is -0.464 e. The lowest BCUT2D eigenvalue weighted by Crippen LogP contribution is -2.31. The van der Waals surface area contributed by atoms with Crippen molar-refractivity contribution in [1.82, 2.24) is 0 Å². The number of rotatable bonds is 17. The summed E-state index contributed by atoms with van der Waals surface area (Å²) >= 11 is 0. The van der Waals surface area contributed by atoms with E-state index in [0.29, 0.717) is 6.42 Å². The SMILES string of the molecule is CCCCCCCCCCCCCCCC(=O)OCC(N)CO. The van der Waals surface area contributed by atoms with Gasteiger partial charge in [-0.2, -0.15) is 0 Å². The van der Waals surface area contributed by atoms with Crippen LogP contribution in [0.4, 0.5) is 0 Å². The molecule has 4 heteroatoms. The van der Waals surface area contributed by atoms with Crippen LogP contribution in [0, 0.1) is 0 Å². The Balaban J connectivity index is 3.14. The van der Waals surface area contributed by atoms with Gasteiger partial charge in [-0.3, -0.25) is 4.79 Å². The predicted molar refractivity (Wildman–Crippen MR) is 96.3 cm³/mol. The van der Waals surface area contributed by atoms with Gasteiger partial charge in [0.15, 0.2) is 0 Å². The zero-order valence-electron chi connectivity index (χ0n) is 15.2. The van der Waals surface area contributed by atoms with E-state index in [1.807, 2.05) is 0 Å². The van der Waals surface area contributed by atoms with E-state index in [1.165, 1.54) is 70.6 Å². The lowest BCUT2D eigenvalue weighted by molar-refractivity contribution is -0.144. The molecule has 0 amide bonds. The molecule has 0 spiro atoms. The Kier molecular flexibility index (Phi) is 17.3. The first-order valence-corrected chi connectivity index (χ1v) is 9.72. The van der Waals surface area contributed by atoms with Gasteiger partial charge < -0.3 is 15.6 Å². The first-order chi connectivity index (χ1) is 11.2. The van der Waals surface area contributed by atoms with Gasteiger partial charge >= 0.3 is 5.97 Å². The number of esters is 1. The quantitative estimate of drug-likeness (QED) is 0.308. The van der Waals surface area contributed by atoms with Crippen LogP contribution in [0.5, 0.6) is 0 Å². The van der Waals surface area contributed by atoms with Gasteiger partial charge in [0.1, 0.15) is 6.61 Å². The Bertz CT molecular complexity index is 259. The van der Waals surface area contributed by atoms with Crippen molar-refractivity contribution in [2.24, 2.45) is 5.73 Å². The molecule has 0 saturated carbocycles. The van der Waals surface area contributed by atoms with E-state index >= 15 is 0 Å². The smallest absolute Gasteiger partial charge is 0.305 e. The molecular formula is C19H39NO3. The Morgan fingerprint density at radius 2 is 1.30 bits per heavy atom. The topological polar surface area (TPSA) is 72.5 Å². The van der Waals surface area contributed by atoms with Crippen LogP contribution in [0.3, 0.4) is 0 Å². The summed E-state index contributed by atoms with van der Waals surface area (Å²) in [7, 11) is 0. The summed E-state index contributed by atoms with van der Waals surface area (Å²) in [5.74, 6) is -0.197. The molecule has 0 aliphatic heterocycles. The molecule has 138 valence electrons. The highest BCUT2D eigenvalue weighted by molar-refractivity contribution is 5.69. The average Bonchev–Trinajstić information content (AvgIpc) is 2.56. The normalized spacial score (nSPS) is 12.3. The molecule has 0 rings (SSSR count). The van der Waals surface area contributed by atoms with Crippen LogP contribution in [-0.4, -0.2) is 30.3 Å². The second-order valence-corrected chi connectivity index (χ2v) is 6.62. The van der Waals surface area contributed by atoms with E-state index in [-0.39, 0.29) is 19.2 Å². The summed E-state index contributed by atoms with van der Waals surface area (Å²) < 4.78 is 4.98. The van der Waals surface area contributed by atoms with Gasteiger partial charge in [-0.1, -0.05) is 84.0 Å². The first kappa shape index (κ1) is 22.4. The highest BCUT2D eigenvalue weighted by atomic mass is 16.5. The van der Waals surface area contributed by atoms with Crippen LogP contribution in [0.25, 0.3) is 0 Å². The summed E-state index contributed by atoms with van der Waals surface area (Å²) in [5.41, 5.74) is 5.47. The Morgan fingerprint density at radius 1 is 0.870 bits per heavy atom. The van der Waals surface area contributed by atoms with Gasteiger partial charge in [0, 0.05) is 6.42 Å². The van der Waals surface area contributed by atoms with Gasteiger partial charge in [0.2, 0.25) is 0 Å². The maximum atomic E-state index is 11.4. The van der Waals surface area contributed by atoms with Crippen molar-refractivity contribution in [3.05, 3.63) is 0 Å². The zero-order valence-corrected chi connectivity index (χ0v) is 15.2. The molecule has 4 nitrogen and oxygen atoms in total. The second kappa shape index (κ2) is 17.7. The molecule has 23 heavy (non-hydrogen) atoms. The molecule has 0 aromatic carbocycles. The van der Waals surface area contributed by atoms with E-state index in [2.05, 4.69) is 6.92 Å². The third-order valence-corrected chi connectivity index (χ3v) is 4.18. The van der Waals surface area contributed by atoms with Gasteiger partial charge in [0.25, 0.3) is 0 Å². The second-order valence-electron chi connectivity index (χ2n) is 6.62. The summed E-state index contributed by atoms with van der Waals surface area (Å²) in [6.45, 7) is 2.23. The predicted octanol–water partition coefficient (Wildman–Crippen LogP) is 4.33. The fourth-order valence-corrected chi connectivity index (χ4v) is 2.61. The van der Waals surface area contributed by atoms with E-state index in [0.717, 1.165) is 12.8 Å². The van der Waals surface area contributed by atoms with Crippen LogP contribution >= 0.6 is 0 Å². The number of aliphatic hydroxyl groups is 1. The van der Waals surface area contributed by atoms with Crippen molar-refractivity contribution >= 4 is 5.97 Å². The summed E-state index contributed by atoms with van der Waals surface area (Å²) in [6.07, 6.45) is 17.3. The van der Waals surface area contributed by atoms with Gasteiger partial charge in [-0.05, 0) is 6.42 Å². The molecule has 0 radical (unpaired) electrons. The lowest BCUT2D eigenvalue weighted by atomic mass is 10.0. The van der Waals surface area contributed by atoms with Crippen LogP contribution < -0.4 is 5.73 Å². The maximum Gasteiger partial charge on any atom is 0.305 e. The number of hydrogen-bond acceptors (Lipinski definition) is 4. The number of carbonyl (C=O) groups excluding carboxylic acids is 1. The van der Waals surface area contributed by atoms with E-state index < -0.39 is 6.04 Å². The van der Waals surface area contributed by atoms with Gasteiger partial charge in [0.05, 0.1) is 12.6 Å². The van der Waals surface area contributed by atoms with Crippen molar-refractivity contribution < 1.29 is 14.6 Å². The van der Waals surface area contributed by atoms with E-state index in [9.17, 15) is 4.79 Å². The average molecular weight is 330 g/mol. The number of carbonyl (C=O) groups is 1. The van der Waals surface area contributed by atoms with Crippen LogP contribution in [-0.2, 0) is 9.53 Å². The molecule has 0 aliphatic rings. The number of hydrogen-bond donors (Lipinski definition) is 2. The molecule has 0 aliphatic carbocycles. The summed E-state index contributed by atoms with van der Waals surface area (Å²) in [5, 5.41) is 8.73. The fourth-order valence-electron chi connectivity index (χ4n) is 2.61. The third-order valence-electron chi connectivity index (χ3n) is 4.18. The molecule has 0 aromatic rings. The lowest BCUT2D eigenvalue weighted by Gasteiger charge is -2.09.